The van der Waals surface area contributed by atoms with Gasteiger partial charge in [-0.3, -0.25) is 4.79 Å². The highest BCUT2D eigenvalue weighted by Gasteiger charge is 2.19. The standard InChI is InChI=1S/C17H24O2S/c1-4-19-17(18)16(13-14(2)3)20-12-8-11-15-9-6-5-7-10-15/h5-7,9-10,16H,2,4,8,11-13H2,1,3H3. The molecule has 110 valence electrons. The van der Waals surface area contributed by atoms with Crippen LogP contribution < -0.4 is 0 Å². The molecule has 0 radical (unpaired) electrons. The van der Waals surface area contributed by atoms with E-state index in [4.69, 9.17) is 4.74 Å². The third kappa shape index (κ3) is 6.80. The van der Waals surface area contributed by atoms with Crippen molar-refractivity contribution in [2.24, 2.45) is 0 Å². The molecule has 1 unspecified atom stereocenters. The predicted molar refractivity (Wildman–Crippen MR) is 87.1 cm³/mol. The maximum Gasteiger partial charge on any atom is 0.319 e. The highest BCUT2D eigenvalue weighted by molar-refractivity contribution is 8.00. The molecule has 3 heteroatoms. The topological polar surface area (TPSA) is 26.3 Å². The van der Waals surface area contributed by atoms with Gasteiger partial charge in [-0.05, 0) is 44.4 Å². The molecule has 0 aliphatic heterocycles. The first-order valence-electron chi connectivity index (χ1n) is 7.10. The number of carbonyl (C=O) groups excluding carboxylic acids is 1. The first kappa shape index (κ1) is 16.8. The summed E-state index contributed by atoms with van der Waals surface area (Å²) in [5, 5.41) is -0.108. The Balaban J connectivity index is 2.34. The van der Waals surface area contributed by atoms with Gasteiger partial charge in [-0.2, -0.15) is 0 Å². The minimum Gasteiger partial charge on any atom is -0.465 e. The van der Waals surface area contributed by atoms with Gasteiger partial charge in [-0.15, -0.1) is 18.3 Å². The molecule has 0 bridgehead atoms. The van der Waals surface area contributed by atoms with E-state index in [-0.39, 0.29) is 11.2 Å². The number of benzene rings is 1. The first-order valence-corrected chi connectivity index (χ1v) is 8.15. The molecule has 1 aromatic rings. The Kier molecular flexibility index (Phi) is 8.12. The number of thioether (sulfide) groups is 1. The zero-order chi connectivity index (χ0) is 14.8. The van der Waals surface area contributed by atoms with E-state index in [1.54, 1.807) is 11.8 Å². The monoisotopic (exact) mass is 292 g/mol. The Morgan fingerprint density at radius 3 is 2.65 bits per heavy atom. The summed E-state index contributed by atoms with van der Waals surface area (Å²) in [5.41, 5.74) is 2.37. The van der Waals surface area contributed by atoms with Crippen LogP contribution in [-0.2, 0) is 16.0 Å². The number of allylic oxidation sites excluding steroid dienone is 1. The molecule has 0 aromatic heterocycles. The van der Waals surface area contributed by atoms with Crippen LogP contribution in [0.25, 0.3) is 0 Å². The van der Waals surface area contributed by atoms with Gasteiger partial charge >= 0.3 is 5.97 Å². The quantitative estimate of drug-likeness (QED) is 0.387. The number of hydrogen-bond donors (Lipinski definition) is 0. The molecule has 0 saturated heterocycles. The average molecular weight is 292 g/mol. The number of carbonyl (C=O) groups is 1. The van der Waals surface area contributed by atoms with Crippen molar-refractivity contribution >= 4 is 17.7 Å². The van der Waals surface area contributed by atoms with Crippen LogP contribution in [0.4, 0.5) is 0 Å². The minimum atomic E-state index is -0.111. The smallest absolute Gasteiger partial charge is 0.319 e. The van der Waals surface area contributed by atoms with Crippen LogP contribution in [-0.4, -0.2) is 23.6 Å². The molecule has 20 heavy (non-hydrogen) atoms. The van der Waals surface area contributed by atoms with Gasteiger partial charge in [-0.1, -0.05) is 35.9 Å². The van der Waals surface area contributed by atoms with Crippen molar-refractivity contribution in [1.82, 2.24) is 0 Å². The van der Waals surface area contributed by atoms with Gasteiger partial charge in [-0.25, -0.2) is 0 Å². The van der Waals surface area contributed by atoms with Crippen LogP contribution >= 0.6 is 11.8 Å². The van der Waals surface area contributed by atoms with Crippen LogP contribution in [0.15, 0.2) is 42.5 Å². The summed E-state index contributed by atoms with van der Waals surface area (Å²) in [6.07, 6.45) is 2.83. The van der Waals surface area contributed by atoms with E-state index in [2.05, 4.69) is 30.8 Å². The van der Waals surface area contributed by atoms with Crippen molar-refractivity contribution in [1.29, 1.82) is 0 Å². The molecular formula is C17H24O2S. The van der Waals surface area contributed by atoms with E-state index in [1.807, 2.05) is 19.9 Å². The summed E-state index contributed by atoms with van der Waals surface area (Å²) in [5.74, 6) is 0.853. The van der Waals surface area contributed by atoms with Crippen molar-refractivity contribution < 1.29 is 9.53 Å². The second-order valence-electron chi connectivity index (χ2n) is 4.86. The normalized spacial score (nSPS) is 11.9. The summed E-state index contributed by atoms with van der Waals surface area (Å²) >= 11 is 1.68. The van der Waals surface area contributed by atoms with Gasteiger partial charge in [0.1, 0.15) is 5.25 Å². The fourth-order valence-corrected chi connectivity index (χ4v) is 3.11. The molecule has 0 saturated carbocycles. The van der Waals surface area contributed by atoms with Gasteiger partial charge < -0.3 is 4.74 Å². The first-order chi connectivity index (χ1) is 9.63. The van der Waals surface area contributed by atoms with Gasteiger partial charge in [0.2, 0.25) is 0 Å². The molecule has 0 aliphatic rings. The fraction of sp³-hybridized carbons (Fsp3) is 0.471. The zero-order valence-electron chi connectivity index (χ0n) is 12.4. The number of hydrogen-bond acceptors (Lipinski definition) is 3. The number of esters is 1. The summed E-state index contributed by atoms with van der Waals surface area (Å²) in [4.78, 5) is 11.9. The van der Waals surface area contributed by atoms with E-state index in [1.165, 1.54) is 5.56 Å². The summed E-state index contributed by atoms with van der Waals surface area (Å²) in [7, 11) is 0. The summed E-state index contributed by atoms with van der Waals surface area (Å²) < 4.78 is 5.12. The average Bonchev–Trinajstić information content (AvgIpc) is 2.43. The molecule has 1 rings (SSSR count). The van der Waals surface area contributed by atoms with Crippen LogP contribution in [0, 0.1) is 0 Å². The molecule has 1 aromatic carbocycles. The molecular weight excluding hydrogens is 268 g/mol. The highest BCUT2D eigenvalue weighted by Crippen LogP contribution is 2.21. The third-order valence-corrected chi connectivity index (χ3v) is 4.14. The van der Waals surface area contributed by atoms with Crippen molar-refractivity contribution in [3.63, 3.8) is 0 Å². The van der Waals surface area contributed by atoms with Crippen molar-refractivity contribution in [3.05, 3.63) is 48.0 Å². The van der Waals surface area contributed by atoms with Gasteiger partial charge in [0, 0.05) is 0 Å². The Morgan fingerprint density at radius 2 is 2.05 bits per heavy atom. The maximum atomic E-state index is 11.9. The largest absolute Gasteiger partial charge is 0.465 e. The van der Waals surface area contributed by atoms with E-state index >= 15 is 0 Å². The van der Waals surface area contributed by atoms with E-state index < -0.39 is 0 Å². The second kappa shape index (κ2) is 9.65. The Bertz CT molecular complexity index is 414. The zero-order valence-corrected chi connectivity index (χ0v) is 13.2. The van der Waals surface area contributed by atoms with Crippen LogP contribution in [0.3, 0.4) is 0 Å². The minimum absolute atomic E-state index is 0.108. The van der Waals surface area contributed by atoms with Crippen LogP contribution in [0.1, 0.15) is 32.3 Å². The predicted octanol–water partition coefficient (Wildman–Crippen LogP) is 4.25. The van der Waals surface area contributed by atoms with Crippen molar-refractivity contribution in [3.8, 4) is 0 Å². The number of aryl methyl sites for hydroxylation is 1. The van der Waals surface area contributed by atoms with E-state index in [0.29, 0.717) is 13.0 Å². The van der Waals surface area contributed by atoms with E-state index in [0.717, 1.165) is 24.2 Å². The van der Waals surface area contributed by atoms with Crippen LogP contribution in [0.2, 0.25) is 0 Å². The lowest BCUT2D eigenvalue weighted by Crippen LogP contribution is -2.21. The second-order valence-corrected chi connectivity index (χ2v) is 6.17. The Hall–Kier alpha value is -1.22. The number of rotatable bonds is 9. The molecule has 0 fully saturated rings. The van der Waals surface area contributed by atoms with Gasteiger partial charge in [0.25, 0.3) is 0 Å². The van der Waals surface area contributed by atoms with Gasteiger partial charge in [0.05, 0.1) is 6.61 Å². The molecule has 0 aliphatic carbocycles. The molecule has 0 spiro atoms. The van der Waals surface area contributed by atoms with Crippen molar-refractivity contribution in [2.45, 2.75) is 38.4 Å². The molecule has 0 heterocycles. The summed E-state index contributed by atoms with van der Waals surface area (Å²) in [6, 6.07) is 10.4. The van der Waals surface area contributed by atoms with Gasteiger partial charge in [0.15, 0.2) is 0 Å². The highest BCUT2D eigenvalue weighted by atomic mass is 32.2. The SMILES string of the molecule is C=C(C)CC(SCCCc1ccccc1)C(=O)OCC. The molecule has 0 amide bonds. The Labute approximate surface area is 126 Å². The number of ether oxygens (including phenoxy) is 1. The molecule has 2 nitrogen and oxygen atoms in total. The molecule has 1 atom stereocenters. The van der Waals surface area contributed by atoms with Crippen molar-refractivity contribution in [2.75, 3.05) is 12.4 Å². The Morgan fingerprint density at radius 1 is 1.35 bits per heavy atom. The summed E-state index contributed by atoms with van der Waals surface area (Å²) in [6.45, 7) is 8.13. The lowest BCUT2D eigenvalue weighted by Gasteiger charge is -2.15. The van der Waals surface area contributed by atoms with E-state index in [9.17, 15) is 4.79 Å². The lowest BCUT2D eigenvalue weighted by molar-refractivity contribution is -0.142. The van der Waals surface area contributed by atoms with Crippen LogP contribution in [0.5, 0.6) is 0 Å². The maximum absolute atomic E-state index is 11.9. The fourth-order valence-electron chi connectivity index (χ4n) is 1.91. The molecule has 0 N–H and O–H groups in total. The lowest BCUT2D eigenvalue weighted by atomic mass is 10.1. The third-order valence-electron chi connectivity index (χ3n) is 2.85.